The van der Waals surface area contributed by atoms with Gasteiger partial charge in [0.05, 0.1) is 17.8 Å². The van der Waals surface area contributed by atoms with Crippen LogP contribution in [0.4, 0.5) is 18.0 Å². The molecule has 3 rings (SSSR count). The quantitative estimate of drug-likeness (QED) is 0.393. The number of hydrogen-bond donors (Lipinski definition) is 0. The van der Waals surface area contributed by atoms with Gasteiger partial charge in [-0.05, 0) is 39.3 Å². The molecule has 1 aliphatic rings. The number of amides is 1. The Hall–Kier alpha value is -2.86. The minimum atomic E-state index is -4.42. The van der Waals surface area contributed by atoms with Gasteiger partial charge in [-0.15, -0.1) is 5.54 Å². The molecule has 1 aliphatic heterocycles. The average Bonchev–Trinajstić information content (AvgIpc) is 2.69. The second-order valence-corrected chi connectivity index (χ2v) is 14.8. The lowest BCUT2D eigenvalue weighted by Gasteiger charge is -2.31. The molecule has 0 atom stereocenters. The molecule has 1 aromatic heterocycles. The van der Waals surface area contributed by atoms with Crippen molar-refractivity contribution in [1.82, 2.24) is 14.9 Å². The number of carbonyl (C=O) groups excluding carboxylic acids is 1. The first-order valence-electron chi connectivity index (χ1n) is 10.7. The highest BCUT2D eigenvalue weighted by Gasteiger charge is 2.31. The first kappa shape index (κ1) is 24.8. The summed E-state index contributed by atoms with van der Waals surface area (Å²) >= 11 is 0. The van der Waals surface area contributed by atoms with Gasteiger partial charge in [0.15, 0.2) is 5.82 Å². The van der Waals surface area contributed by atoms with Crippen LogP contribution in [0.15, 0.2) is 24.3 Å². The van der Waals surface area contributed by atoms with Crippen molar-refractivity contribution < 1.29 is 22.7 Å². The van der Waals surface area contributed by atoms with E-state index in [1.54, 1.807) is 25.7 Å². The van der Waals surface area contributed by atoms with Crippen LogP contribution < -0.4 is 0 Å². The van der Waals surface area contributed by atoms with Crippen LogP contribution in [-0.4, -0.2) is 41.2 Å². The van der Waals surface area contributed by atoms with Gasteiger partial charge in [0.2, 0.25) is 0 Å². The molecule has 1 aromatic carbocycles. The van der Waals surface area contributed by atoms with Gasteiger partial charge >= 0.3 is 12.3 Å². The third-order valence-electron chi connectivity index (χ3n) is 4.74. The first-order valence-corrected chi connectivity index (χ1v) is 14.2. The molecule has 176 valence electrons. The van der Waals surface area contributed by atoms with Gasteiger partial charge in [-0.1, -0.05) is 37.7 Å². The molecule has 0 bridgehead atoms. The van der Waals surface area contributed by atoms with Crippen molar-refractivity contribution in [2.24, 2.45) is 0 Å². The van der Waals surface area contributed by atoms with Crippen molar-refractivity contribution >= 4 is 14.2 Å². The molecule has 0 fully saturated rings. The summed E-state index contributed by atoms with van der Waals surface area (Å²) in [5.74, 6) is 3.47. The van der Waals surface area contributed by atoms with Crippen molar-refractivity contribution in [2.75, 3.05) is 6.54 Å². The predicted octanol–water partition coefficient (Wildman–Crippen LogP) is 5.68. The van der Waals surface area contributed by atoms with Crippen LogP contribution in [-0.2, 0) is 23.9 Å². The Labute approximate surface area is 193 Å². The lowest BCUT2D eigenvalue weighted by molar-refractivity contribution is -0.137. The molecule has 0 N–H and O–H groups in total. The van der Waals surface area contributed by atoms with E-state index in [9.17, 15) is 18.0 Å². The Morgan fingerprint density at radius 1 is 1.09 bits per heavy atom. The molecule has 33 heavy (non-hydrogen) atoms. The maximum absolute atomic E-state index is 13.0. The SMILES string of the molecule is CC(C)(C)OC(=O)N1CCc2c(C#C[Si](C)(C)C)nc(-c3ccc(C(F)(F)F)cc3)nc2C1. The summed E-state index contributed by atoms with van der Waals surface area (Å²) in [6, 6.07) is 4.74. The number of benzene rings is 1. The highest BCUT2D eigenvalue weighted by Crippen LogP contribution is 2.31. The number of rotatable bonds is 1. The highest BCUT2D eigenvalue weighted by molar-refractivity contribution is 6.83. The summed E-state index contributed by atoms with van der Waals surface area (Å²) in [6.45, 7) is 12.4. The third kappa shape index (κ3) is 6.57. The predicted molar refractivity (Wildman–Crippen MR) is 123 cm³/mol. The average molecular weight is 476 g/mol. The first-order chi connectivity index (χ1) is 15.1. The van der Waals surface area contributed by atoms with Crippen molar-refractivity contribution in [3.8, 4) is 22.9 Å². The van der Waals surface area contributed by atoms with Gasteiger partial charge in [-0.3, -0.25) is 0 Å². The molecular weight excluding hydrogens is 447 g/mol. The fraction of sp³-hybridized carbons (Fsp3) is 0.458. The van der Waals surface area contributed by atoms with Crippen molar-refractivity contribution in [3.63, 3.8) is 0 Å². The van der Waals surface area contributed by atoms with Gasteiger partial charge in [0.25, 0.3) is 0 Å². The second-order valence-electron chi connectivity index (χ2n) is 10.0. The summed E-state index contributed by atoms with van der Waals surface area (Å²) in [5.41, 5.74) is 4.48. The number of nitrogens with zero attached hydrogens (tertiary/aromatic N) is 3. The molecule has 2 aromatic rings. The fourth-order valence-electron chi connectivity index (χ4n) is 3.20. The molecule has 0 saturated heterocycles. The molecule has 1 amide bonds. The summed E-state index contributed by atoms with van der Waals surface area (Å²) in [7, 11) is -1.70. The maximum Gasteiger partial charge on any atom is 0.416 e. The summed E-state index contributed by atoms with van der Waals surface area (Å²) in [4.78, 5) is 23.4. The van der Waals surface area contributed by atoms with Crippen LogP contribution in [0.2, 0.25) is 19.6 Å². The standard InChI is InChI=1S/C24H28F3N3O2Si/c1-23(2,3)32-22(31)30-13-11-18-19(12-14-33(4,5)6)28-21(29-20(18)15-30)16-7-9-17(10-8-16)24(25,26)27/h7-10H,11,13,15H2,1-6H3. The molecule has 0 spiro atoms. The molecule has 0 saturated carbocycles. The molecule has 9 heteroatoms. The summed E-state index contributed by atoms with van der Waals surface area (Å²) in [5, 5.41) is 0. The van der Waals surface area contributed by atoms with Gasteiger partial charge in [0.1, 0.15) is 19.4 Å². The molecule has 0 aliphatic carbocycles. The maximum atomic E-state index is 13.0. The van der Waals surface area contributed by atoms with E-state index in [0.29, 0.717) is 29.9 Å². The zero-order chi connectivity index (χ0) is 24.6. The Morgan fingerprint density at radius 3 is 2.27 bits per heavy atom. The van der Waals surface area contributed by atoms with E-state index in [-0.39, 0.29) is 12.4 Å². The minimum absolute atomic E-state index is 0.224. The lowest BCUT2D eigenvalue weighted by atomic mass is 10.0. The van der Waals surface area contributed by atoms with E-state index in [4.69, 9.17) is 4.74 Å². The minimum Gasteiger partial charge on any atom is -0.444 e. The van der Waals surface area contributed by atoms with Crippen molar-refractivity contribution in [3.05, 3.63) is 46.8 Å². The Bertz CT molecular complexity index is 1110. The molecule has 0 unspecified atom stereocenters. The van der Waals surface area contributed by atoms with Crippen LogP contribution in [0, 0.1) is 11.5 Å². The largest absolute Gasteiger partial charge is 0.444 e. The summed E-state index contributed by atoms with van der Waals surface area (Å²) in [6.07, 6.45) is -4.33. The number of halogens is 3. The van der Waals surface area contributed by atoms with Crippen LogP contribution in [0.3, 0.4) is 0 Å². The van der Waals surface area contributed by atoms with E-state index in [1.165, 1.54) is 12.1 Å². The van der Waals surface area contributed by atoms with Crippen molar-refractivity contribution in [2.45, 2.75) is 65.2 Å². The molecular formula is C24H28F3N3O2Si. The Balaban J connectivity index is 2.03. The van der Waals surface area contributed by atoms with E-state index < -0.39 is 31.5 Å². The van der Waals surface area contributed by atoms with E-state index >= 15 is 0 Å². The van der Waals surface area contributed by atoms with Crippen LogP contribution >= 0.6 is 0 Å². The van der Waals surface area contributed by atoms with Gasteiger partial charge in [0, 0.05) is 17.7 Å². The van der Waals surface area contributed by atoms with Crippen LogP contribution in [0.1, 0.15) is 43.3 Å². The van der Waals surface area contributed by atoms with Gasteiger partial charge < -0.3 is 9.64 Å². The van der Waals surface area contributed by atoms with E-state index in [2.05, 4.69) is 41.1 Å². The zero-order valence-electron chi connectivity index (χ0n) is 19.7. The molecule has 0 radical (unpaired) electrons. The third-order valence-corrected chi connectivity index (χ3v) is 5.62. The fourth-order valence-corrected chi connectivity index (χ4v) is 3.69. The molecule has 5 nitrogen and oxygen atoms in total. The normalized spacial score (nSPS) is 14.3. The number of carbonyl (C=O) groups is 1. The van der Waals surface area contributed by atoms with E-state index in [0.717, 1.165) is 17.7 Å². The smallest absolute Gasteiger partial charge is 0.416 e. The number of hydrogen-bond acceptors (Lipinski definition) is 4. The topological polar surface area (TPSA) is 55.3 Å². The Kier molecular flexibility index (Phi) is 6.62. The number of fused-ring (bicyclic) bond motifs is 1. The number of aromatic nitrogens is 2. The van der Waals surface area contributed by atoms with E-state index in [1.807, 2.05) is 0 Å². The monoisotopic (exact) mass is 475 g/mol. The summed E-state index contributed by atoms with van der Waals surface area (Å²) < 4.78 is 44.4. The van der Waals surface area contributed by atoms with Crippen LogP contribution in [0.25, 0.3) is 11.4 Å². The zero-order valence-corrected chi connectivity index (χ0v) is 20.7. The molecule has 2 heterocycles. The van der Waals surface area contributed by atoms with Gasteiger partial charge in [-0.2, -0.15) is 13.2 Å². The van der Waals surface area contributed by atoms with Crippen LogP contribution in [0.5, 0.6) is 0 Å². The highest BCUT2D eigenvalue weighted by atomic mass is 28.3. The second kappa shape index (κ2) is 8.82. The van der Waals surface area contributed by atoms with Crippen molar-refractivity contribution in [1.29, 1.82) is 0 Å². The number of alkyl halides is 3. The number of ether oxygens (including phenoxy) is 1. The Morgan fingerprint density at radius 2 is 1.73 bits per heavy atom. The van der Waals surface area contributed by atoms with Gasteiger partial charge in [-0.25, -0.2) is 14.8 Å². The lowest BCUT2D eigenvalue weighted by Crippen LogP contribution is -2.40.